The minimum absolute atomic E-state index is 0.0841. The van der Waals surface area contributed by atoms with Crippen LogP contribution in [-0.4, -0.2) is 61.1 Å². The van der Waals surface area contributed by atoms with Gasteiger partial charge in [-0.25, -0.2) is 4.79 Å². The zero-order valence-corrected chi connectivity index (χ0v) is 11.9. The molecule has 1 unspecified atom stereocenters. The number of hydrogen-bond donors (Lipinski definition) is 1. The number of amides is 2. The molecule has 1 rings (SSSR count). The van der Waals surface area contributed by atoms with Gasteiger partial charge in [0, 0.05) is 32.7 Å². The molecule has 1 aliphatic rings. The molecule has 0 spiro atoms. The number of piperazine rings is 1. The van der Waals surface area contributed by atoms with E-state index >= 15 is 0 Å². The minimum Gasteiger partial charge on any atom is -0.450 e. The third kappa shape index (κ3) is 4.38. The van der Waals surface area contributed by atoms with Crippen molar-refractivity contribution in [3.63, 3.8) is 0 Å². The molecule has 2 N–H and O–H groups in total. The SMILES string of the molecule is CCCC(CN)C(=O)N1CCN(C(=O)OCC)CC1. The van der Waals surface area contributed by atoms with Crippen LogP contribution in [0.1, 0.15) is 26.7 Å². The van der Waals surface area contributed by atoms with Crippen LogP contribution in [0.25, 0.3) is 0 Å². The van der Waals surface area contributed by atoms with Crippen LogP contribution < -0.4 is 5.73 Å². The van der Waals surface area contributed by atoms with Crippen molar-refractivity contribution < 1.29 is 14.3 Å². The molecule has 0 radical (unpaired) electrons. The highest BCUT2D eigenvalue weighted by Gasteiger charge is 2.28. The lowest BCUT2D eigenvalue weighted by atomic mass is 10.0. The maximum atomic E-state index is 12.2. The Kier molecular flexibility index (Phi) is 6.62. The van der Waals surface area contributed by atoms with Gasteiger partial charge in [-0.15, -0.1) is 0 Å². The van der Waals surface area contributed by atoms with Gasteiger partial charge >= 0.3 is 6.09 Å². The van der Waals surface area contributed by atoms with Crippen molar-refractivity contribution in [3.05, 3.63) is 0 Å². The number of nitrogens with zero attached hydrogens (tertiary/aromatic N) is 2. The molecule has 1 saturated heterocycles. The van der Waals surface area contributed by atoms with Gasteiger partial charge in [-0.2, -0.15) is 0 Å². The van der Waals surface area contributed by atoms with Gasteiger partial charge in [-0.3, -0.25) is 4.79 Å². The molecule has 6 nitrogen and oxygen atoms in total. The van der Waals surface area contributed by atoms with E-state index in [0.29, 0.717) is 39.3 Å². The van der Waals surface area contributed by atoms with Crippen molar-refractivity contribution >= 4 is 12.0 Å². The number of ether oxygens (including phenoxy) is 1. The second-order valence-corrected chi connectivity index (χ2v) is 4.73. The Labute approximate surface area is 114 Å². The van der Waals surface area contributed by atoms with Gasteiger partial charge < -0.3 is 20.3 Å². The first-order valence-corrected chi connectivity index (χ1v) is 7.04. The Hall–Kier alpha value is -1.30. The molecule has 1 heterocycles. The van der Waals surface area contributed by atoms with Crippen LogP contribution in [0.15, 0.2) is 0 Å². The maximum absolute atomic E-state index is 12.2. The third-order valence-corrected chi connectivity index (χ3v) is 3.39. The summed E-state index contributed by atoms with van der Waals surface area (Å²) in [5, 5.41) is 0. The van der Waals surface area contributed by atoms with Gasteiger partial charge in [-0.05, 0) is 13.3 Å². The van der Waals surface area contributed by atoms with E-state index in [1.165, 1.54) is 0 Å². The molecule has 0 aromatic carbocycles. The lowest BCUT2D eigenvalue weighted by Gasteiger charge is -2.35. The van der Waals surface area contributed by atoms with E-state index in [2.05, 4.69) is 6.92 Å². The van der Waals surface area contributed by atoms with Gasteiger partial charge in [0.2, 0.25) is 5.91 Å². The van der Waals surface area contributed by atoms with Crippen molar-refractivity contribution in [2.24, 2.45) is 11.7 Å². The van der Waals surface area contributed by atoms with E-state index in [9.17, 15) is 9.59 Å². The normalized spacial score (nSPS) is 17.2. The molecule has 0 aromatic rings. The van der Waals surface area contributed by atoms with Gasteiger partial charge in [0.05, 0.1) is 12.5 Å². The summed E-state index contributed by atoms with van der Waals surface area (Å²) in [6.07, 6.45) is 1.49. The van der Waals surface area contributed by atoms with Crippen LogP contribution in [0.2, 0.25) is 0 Å². The van der Waals surface area contributed by atoms with E-state index in [0.717, 1.165) is 12.8 Å². The van der Waals surface area contributed by atoms with E-state index in [4.69, 9.17) is 10.5 Å². The monoisotopic (exact) mass is 271 g/mol. The topological polar surface area (TPSA) is 75.9 Å². The Balaban J connectivity index is 2.44. The molecular weight excluding hydrogens is 246 g/mol. The van der Waals surface area contributed by atoms with Gasteiger partial charge in [0.25, 0.3) is 0 Å². The first-order valence-electron chi connectivity index (χ1n) is 7.04. The number of carbonyl (C=O) groups is 2. The average molecular weight is 271 g/mol. The predicted octanol–water partition coefficient (Wildman–Crippen LogP) is 0.662. The predicted molar refractivity (Wildman–Crippen MR) is 72.6 cm³/mol. The molecule has 0 saturated carbocycles. The largest absolute Gasteiger partial charge is 0.450 e. The molecule has 6 heteroatoms. The zero-order chi connectivity index (χ0) is 14.3. The standard InChI is InChI=1S/C13H25N3O3/c1-3-5-11(10-14)12(17)15-6-8-16(9-7-15)13(18)19-4-2/h11H,3-10,14H2,1-2H3. The number of rotatable bonds is 5. The highest BCUT2D eigenvalue weighted by Crippen LogP contribution is 2.12. The quantitative estimate of drug-likeness (QED) is 0.797. The lowest BCUT2D eigenvalue weighted by Crippen LogP contribution is -2.52. The lowest BCUT2D eigenvalue weighted by molar-refractivity contribution is -0.137. The zero-order valence-electron chi connectivity index (χ0n) is 11.9. The first kappa shape index (κ1) is 15.8. The van der Waals surface area contributed by atoms with Crippen LogP contribution in [0.3, 0.4) is 0 Å². The van der Waals surface area contributed by atoms with E-state index in [1.54, 1.807) is 11.8 Å². The molecule has 0 aliphatic carbocycles. The van der Waals surface area contributed by atoms with Crippen LogP contribution >= 0.6 is 0 Å². The summed E-state index contributed by atoms with van der Waals surface area (Å²) in [4.78, 5) is 27.2. The van der Waals surface area contributed by atoms with E-state index in [-0.39, 0.29) is 17.9 Å². The van der Waals surface area contributed by atoms with Crippen molar-refractivity contribution in [3.8, 4) is 0 Å². The number of hydrogen-bond acceptors (Lipinski definition) is 4. The fourth-order valence-corrected chi connectivity index (χ4v) is 2.27. The number of nitrogens with two attached hydrogens (primary N) is 1. The summed E-state index contributed by atoms with van der Waals surface area (Å²) in [5.41, 5.74) is 5.65. The van der Waals surface area contributed by atoms with Gasteiger partial charge in [0.1, 0.15) is 0 Å². The maximum Gasteiger partial charge on any atom is 0.409 e. The van der Waals surface area contributed by atoms with Crippen LogP contribution in [0, 0.1) is 5.92 Å². The first-order chi connectivity index (χ1) is 9.13. The second kappa shape index (κ2) is 7.99. The minimum atomic E-state index is -0.293. The van der Waals surface area contributed by atoms with E-state index in [1.807, 2.05) is 4.90 Å². The smallest absolute Gasteiger partial charge is 0.409 e. The highest BCUT2D eigenvalue weighted by molar-refractivity contribution is 5.79. The summed E-state index contributed by atoms with van der Waals surface area (Å²) < 4.78 is 4.95. The molecule has 1 atom stereocenters. The summed E-state index contributed by atoms with van der Waals surface area (Å²) >= 11 is 0. The molecule has 19 heavy (non-hydrogen) atoms. The number of carbonyl (C=O) groups excluding carboxylic acids is 2. The molecule has 110 valence electrons. The Bertz CT molecular complexity index is 302. The summed E-state index contributed by atoms with van der Waals surface area (Å²) in [6, 6.07) is 0. The molecule has 0 aromatic heterocycles. The van der Waals surface area contributed by atoms with Gasteiger partial charge in [0.15, 0.2) is 0 Å². The summed E-state index contributed by atoms with van der Waals surface area (Å²) in [7, 11) is 0. The molecule has 1 fully saturated rings. The molecule has 2 amide bonds. The fraction of sp³-hybridized carbons (Fsp3) is 0.846. The summed E-state index contributed by atoms with van der Waals surface area (Å²) in [6.45, 7) is 6.81. The summed E-state index contributed by atoms with van der Waals surface area (Å²) in [5.74, 6) is 0.0343. The van der Waals surface area contributed by atoms with Crippen molar-refractivity contribution in [1.82, 2.24) is 9.80 Å². The Morgan fingerprint density at radius 2 is 1.74 bits per heavy atom. The highest BCUT2D eigenvalue weighted by atomic mass is 16.6. The van der Waals surface area contributed by atoms with Crippen LogP contribution in [-0.2, 0) is 9.53 Å². The van der Waals surface area contributed by atoms with Crippen LogP contribution in [0.4, 0.5) is 4.79 Å². The van der Waals surface area contributed by atoms with Crippen molar-refractivity contribution in [1.29, 1.82) is 0 Å². The third-order valence-electron chi connectivity index (χ3n) is 3.39. The Morgan fingerprint density at radius 1 is 1.16 bits per heavy atom. The Morgan fingerprint density at radius 3 is 2.21 bits per heavy atom. The molecular formula is C13H25N3O3. The van der Waals surface area contributed by atoms with Gasteiger partial charge in [-0.1, -0.05) is 13.3 Å². The van der Waals surface area contributed by atoms with E-state index < -0.39 is 0 Å². The van der Waals surface area contributed by atoms with Crippen molar-refractivity contribution in [2.75, 3.05) is 39.3 Å². The fourth-order valence-electron chi connectivity index (χ4n) is 2.27. The average Bonchev–Trinajstić information content (AvgIpc) is 2.44. The second-order valence-electron chi connectivity index (χ2n) is 4.73. The molecule has 0 bridgehead atoms. The van der Waals surface area contributed by atoms with Crippen LogP contribution in [0.5, 0.6) is 0 Å². The molecule has 1 aliphatic heterocycles. The van der Waals surface area contributed by atoms with Crippen molar-refractivity contribution in [2.45, 2.75) is 26.7 Å².